The van der Waals surface area contributed by atoms with Crippen LogP contribution in [0.25, 0.3) is 0 Å². The number of benzene rings is 1. The molecule has 2 amide bonds. The van der Waals surface area contributed by atoms with Crippen molar-refractivity contribution in [1.82, 2.24) is 15.5 Å². The van der Waals surface area contributed by atoms with Crippen molar-refractivity contribution in [3.05, 3.63) is 35.4 Å². The zero-order valence-corrected chi connectivity index (χ0v) is 14.2. The highest BCUT2D eigenvalue weighted by Gasteiger charge is 2.20. The van der Waals surface area contributed by atoms with Gasteiger partial charge in [-0.15, -0.1) is 0 Å². The van der Waals surface area contributed by atoms with Gasteiger partial charge in [0.15, 0.2) is 0 Å². The summed E-state index contributed by atoms with van der Waals surface area (Å²) < 4.78 is 0. The van der Waals surface area contributed by atoms with E-state index in [0.717, 1.165) is 12.1 Å². The number of nitrogens with one attached hydrogen (secondary N) is 2. The molecule has 0 aliphatic rings. The Morgan fingerprint density at radius 3 is 2.18 bits per heavy atom. The van der Waals surface area contributed by atoms with E-state index in [1.165, 1.54) is 6.92 Å². The van der Waals surface area contributed by atoms with Crippen molar-refractivity contribution in [3.8, 4) is 0 Å². The van der Waals surface area contributed by atoms with E-state index in [1.54, 1.807) is 12.1 Å². The Labute approximate surface area is 133 Å². The predicted octanol–water partition coefficient (Wildman–Crippen LogP) is 1.64. The van der Waals surface area contributed by atoms with Crippen molar-refractivity contribution < 1.29 is 9.59 Å². The summed E-state index contributed by atoms with van der Waals surface area (Å²) in [4.78, 5) is 25.1. The molecular formula is C17H27N3O2. The Kier molecular flexibility index (Phi) is 6.56. The van der Waals surface area contributed by atoms with E-state index >= 15 is 0 Å². The van der Waals surface area contributed by atoms with Gasteiger partial charge in [-0.25, -0.2) is 0 Å². The van der Waals surface area contributed by atoms with Gasteiger partial charge in [0.05, 0.1) is 0 Å². The molecule has 5 heteroatoms. The normalized spacial score (nSPS) is 11.4. The zero-order chi connectivity index (χ0) is 16.8. The van der Waals surface area contributed by atoms with Crippen LogP contribution in [0.15, 0.2) is 24.3 Å². The monoisotopic (exact) mass is 305 g/mol. The van der Waals surface area contributed by atoms with Crippen molar-refractivity contribution in [2.75, 3.05) is 27.2 Å². The summed E-state index contributed by atoms with van der Waals surface area (Å²) in [5.41, 5.74) is 1.62. The van der Waals surface area contributed by atoms with Crippen LogP contribution in [-0.4, -0.2) is 43.9 Å². The number of nitrogens with zero attached hydrogens (tertiary/aromatic N) is 1. The minimum Gasteiger partial charge on any atom is -0.352 e. The Balaban J connectivity index is 2.54. The molecule has 22 heavy (non-hydrogen) atoms. The molecule has 0 aliphatic carbocycles. The van der Waals surface area contributed by atoms with E-state index in [1.807, 2.05) is 26.2 Å². The van der Waals surface area contributed by atoms with Crippen molar-refractivity contribution in [1.29, 1.82) is 0 Å². The van der Waals surface area contributed by atoms with Crippen LogP contribution in [0.1, 0.15) is 36.7 Å². The minimum atomic E-state index is -0.0714. The summed E-state index contributed by atoms with van der Waals surface area (Å²) in [5.74, 6) is -0.136. The maximum absolute atomic E-state index is 12.2. The lowest BCUT2D eigenvalue weighted by atomic mass is 9.93. The second-order valence-corrected chi connectivity index (χ2v) is 6.69. The molecule has 2 N–H and O–H groups in total. The molecule has 122 valence electrons. The molecule has 0 unspecified atom stereocenters. The second-order valence-electron chi connectivity index (χ2n) is 6.69. The SMILES string of the molecule is CC(=O)NCc1ccc(C(=O)NCC(C)(C)CN(C)C)cc1. The van der Waals surface area contributed by atoms with Crippen LogP contribution in [-0.2, 0) is 11.3 Å². The fourth-order valence-corrected chi connectivity index (χ4v) is 2.33. The molecule has 0 spiro atoms. The number of carbonyl (C=O) groups is 2. The fraction of sp³-hybridized carbons (Fsp3) is 0.529. The lowest BCUT2D eigenvalue weighted by Crippen LogP contribution is -2.39. The molecule has 0 aromatic heterocycles. The highest BCUT2D eigenvalue weighted by molar-refractivity contribution is 5.94. The van der Waals surface area contributed by atoms with E-state index in [4.69, 9.17) is 0 Å². The number of rotatable bonds is 7. The third kappa shape index (κ3) is 6.72. The maximum Gasteiger partial charge on any atom is 0.251 e. The van der Waals surface area contributed by atoms with Gasteiger partial charge in [0.25, 0.3) is 5.91 Å². The maximum atomic E-state index is 12.2. The summed E-state index contributed by atoms with van der Waals surface area (Å²) >= 11 is 0. The van der Waals surface area contributed by atoms with Gasteiger partial charge in [0, 0.05) is 32.1 Å². The fourth-order valence-electron chi connectivity index (χ4n) is 2.33. The lowest BCUT2D eigenvalue weighted by molar-refractivity contribution is -0.119. The molecule has 0 radical (unpaired) electrons. The van der Waals surface area contributed by atoms with Gasteiger partial charge in [-0.05, 0) is 37.2 Å². The number of carbonyl (C=O) groups excluding carboxylic acids is 2. The first-order valence-corrected chi connectivity index (χ1v) is 7.46. The molecule has 0 saturated carbocycles. The first kappa shape index (κ1) is 18.2. The molecular weight excluding hydrogens is 278 g/mol. The van der Waals surface area contributed by atoms with Crippen molar-refractivity contribution >= 4 is 11.8 Å². The minimum absolute atomic E-state index is 0.0184. The van der Waals surface area contributed by atoms with Crippen LogP contribution < -0.4 is 10.6 Å². The number of hydrogen-bond acceptors (Lipinski definition) is 3. The Morgan fingerprint density at radius 2 is 1.68 bits per heavy atom. The zero-order valence-electron chi connectivity index (χ0n) is 14.2. The molecule has 0 fully saturated rings. The van der Waals surface area contributed by atoms with Crippen molar-refractivity contribution in [3.63, 3.8) is 0 Å². The van der Waals surface area contributed by atoms with Crippen molar-refractivity contribution in [2.24, 2.45) is 5.41 Å². The summed E-state index contributed by atoms with van der Waals surface area (Å²) in [6.45, 7) is 7.75. The highest BCUT2D eigenvalue weighted by Crippen LogP contribution is 2.14. The summed E-state index contributed by atoms with van der Waals surface area (Å²) in [5, 5.41) is 5.71. The largest absolute Gasteiger partial charge is 0.352 e. The van der Waals surface area contributed by atoms with Crippen LogP contribution in [0.4, 0.5) is 0 Å². The Hall–Kier alpha value is -1.88. The van der Waals surface area contributed by atoms with Gasteiger partial charge in [0.2, 0.25) is 5.91 Å². The highest BCUT2D eigenvalue weighted by atomic mass is 16.2. The van der Waals surface area contributed by atoms with Gasteiger partial charge in [-0.3, -0.25) is 9.59 Å². The number of amides is 2. The predicted molar refractivity (Wildman–Crippen MR) is 88.6 cm³/mol. The number of hydrogen-bond donors (Lipinski definition) is 2. The van der Waals surface area contributed by atoms with Gasteiger partial charge in [0.1, 0.15) is 0 Å². The molecule has 1 aromatic rings. The van der Waals surface area contributed by atoms with E-state index < -0.39 is 0 Å². The summed E-state index contributed by atoms with van der Waals surface area (Å²) in [7, 11) is 4.05. The Bertz CT molecular complexity index is 507. The summed E-state index contributed by atoms with van der Waals surface area (Å²) in [6.07, 6.45) is 0. The smallest absolute Gasteiger partial charge is 0.251 e. The van der Waals surface area contributed by atoms with Gasteiger partial charge in [-0.2, -0.15) is 0 Å². The van der Waals surface area contributed by atoms with E-state index in [2.05, 4.69) is 29.4 Å². The van der Waals surface area contributed by atoms with Crippen LogP contribution >= 0.6 is 0 Å². The molecule has 5 nitrogen and oxygen atoms in total. The molecule has 0 atom stereocenters. The topological polar surface area (TPSA) is 61.4 Å². The molecule has 1 aromatic carbocycles. The van der Waals surface area contributed by atoms with Crippen LogP contribution in [0.2, 0.25) is 0 Å². The van der Waals surface area contributed by atoms with Crippen LogP contribution in [0, 0.1) is 5.41 Å². The molecule has 0 bridgehead atoms. The van der Waals surface area contributed by atoms with Gasteiger partial charge in [-0.1, -0.05) is 26.0 Å². The van der Waals surface area contributed by atoms with Gasteiger partial charge >= 0.3 is 0 Å². The van der Waals surface area contributed by atoms with Crippen molar-refractivity contribution in [2.45, 2.75) is 27.3 Å². The first-order valence-electron chi connectivity index (χ1n) is 7.46. The first-order chi connectivity index (χ1) is 10.2. The van der Waals surface area contributed by atoms with E-state index in [-0.39, 0.29) is 17.2 Å². The van der Waals surface area contributed by atoms with E-state index in [0.29, 0.717) is 18.7 Å². The Morgan fingerprint density at radius 1 is 1.09 bits per heavy atom. The average molecular weight is 305 g/mol. The molecule has 1 rings (SSSR count). The molecule has 0 aliphatic heterocycles. The summed E-state index contributed by atoms with van der Waals surface area (Å²) in [6, 6.07) is 7.28. The average Bonchev–Trinajstić information content (AvgIpc) is 2.42. The lowest BCUT2D eigenvalue weighted by Gasteiger charge is -2.28. The molecule has 0 saturated heterocycles. The van der Waals surface area contributed by atoms with Gasteiger partial charge < -0.3 is 15.5 Å². The molecule has 0 heterocycles. The van der Waals surface area contributed by atoms with E-state index in [9.17, 15) is 9.59 Å². The van der Waals surface area contributed by atoms with Crippen LogP contribution in [0.3, 0.4) is 0 Å². The quantitative estimate of drug-likeness (QED) is 0.805. The standard InChI is InChI=1S/C17H27N3O2/c1-13(21)18-10-14-6-8-15(9-7-14)16(22)19-11-17(2,3)12-20(4)5/h6-9H,10-12H2,1-5H3,(H,18,21)(H,19,22). The third-order valence-electron chi connectivity index (χ3n) is 3.23. The second kappa shape index (κ2) is 7.94. The third-order valence-corrected chi connectivity index (χ3v) is 3.23. The van der Waals surface area contributed by atoms with Crippen LogP contribution in [0.5, 0.6) is 0 Å².